The quantitative estimate of drug-likeness (QED) is 0.764. The van der Waals surface area contributed by atoms with Gasteiger partial charge in [0, 0.05) is 31.6 Å². The summed E-state index contributed by atoms with van der Waals surface area (Å²) in [7, 11) is 0. The van der Waals surface area contributed by atoms with Crippen LogP contribution in [0.15, 0.2) is 24.5 Å². The van der Waals surface area contributed by atoms with E-state index in [1.807, 2.05) is 0 Å². The maximum atomic E-state index is 12.0. The van der Waals surface area contributed by atoms with Crippen LogP contribution in [0, 0.1) is 0 Å². The van der Waals surface area contributed by atoms with Crippen LogP contribution in [0.5, 0.6) is 0 Å². The van der Waals surface area contributed by atoms with Gasteiger partial charge in [-0.3, -0.25) is 9.78 Å². The molecule has 0 unspecified atom stereocenters. The summed E-state index contributed by atoms with van der Waals surface area (Å²) in [6.45, 7) is 3.67. The van der Waals surface area contributed by atoms with Gasteiger partial charge in [0.15, 0.2) is 0 Å². The van der Waals surface area contributed by atoms with Crippen LogP contribution in [0.1, 0.15) is 28.8 Å². The van der Waals surface area contributed by atoms with Crippen LogP contribution in [0.4, 0.5) is 0 Å². The molecule has 1 aliphatic heterocycles. The first-order valence-corrected chi connectivity index (χ1v) is 7.02. The third-order valence-electron chi connectivity index (χ3n) is 3.35. The summed E-state index contributed by atoms with van der Waals surface area (Å²) in [5, 5.41) is 11.4. The summed E-state index contributed by atoms with van der Waals surface area (Å²) in [6, 6.07) is 1.62. The zero-order valence-corrected chi connectivity index (χ0v) is 11.8. The zero-order chi connectivity index (χ0) is 15.1. The average molecular weight is 289 g/mol. The summed E-state index contributed by atoms with van der Waals surface area (Å²) in [5.41, 5.74) is 1.02. The largest absolute Gasteiger partial charge is 0.478 e. The van der Waals surface area contributed by atoms with Crippen LogP contribution >= 0.6 is 0 Å². The molecule has 0 aliphatic carbocycles. The number of nitrogens with zero attached hydrogens (tertiary/aromatic N) is 2. The molecule has 2 heterocycles. The molecule has 1 fully saturated rings. The highest BCUT2D eigenvalue weighted by Gasteiger charge is 2.11. The first kappa shape index (κ1) is 15.2. The molecule has 6 heteroatoms. The first-order valence-electron chi connectivity index (χ1n) is 7.02. The molecule has 0 spiro atoms. The molecule has 0 radical (unpaired) electrons. The number of carboxylic acids is 1. The lowest BCUT2D eigenvalue weighted by atomic mass is 10.2. The van der Waals surface area contributed by atoms with E-state index in [0.29, 0.717) is 17.7 Å². The summed E-state index contributed by atoms with van der Waals surface area (Å²) >= 11 is 0. The van der Waals surface area contributed by atoms with Crippen molar-refractivity contribution in [3.8, 4) is 0 Å². The Morgan fingerprint density at radius 2 is 2.10 bits per heavy atom. The van der Waals surface area contributed by atoms with Crippen LogP contribution in [0.25, 0.3) is 6.08 Å². The topological polar surface area (TPSA) is 82.5 Å². The molecule has 2 rings (SSSR count). The standard InChI is InChI=1S/C15H19N3O3/c19-14(20)4-3-12-9-13(11-16-10-12)15(21)17-5-8-18-6-1-2-7-18/h3-4,9-11H,1-2,5-8H2,(H,17,21)(H,19,20). The monoisotopic (exact) mass is 289 g/mol. The molecule has 6 nitrogen and oxygen atoms in total. The molecular formula is C15H19N3O3. The third-order valence-corrected chi connectivity index (χ3v) is 3.35. The Kier molecular flexibility index (Phi) is 5.45. The summed E-state index contributed by atoms with van der Waals surface area (Å²) in [5.74, 6) is -1.22. The Morgan fingerprint density at radius 3 is 2.81 bits per heavy atom. The van der Waals surface area contributed by atoms with Crippen LogP contribution in [0.3, 0.4) is 0 Å². The van der Waals surface area contributed by atoms with E-state index >= 15 is 0 Å². The predicted molar refractivity (Wildman–Crippen MR) is 78.9 cm³/mol. The SMILES string of the molecule is O=C(O)C=Cc1cncc(C(=O)NCCN2CCCC2)c1. The molecule has 2 N–H and O–H groups in total. The van der Waals surface area contributed by atoms with E-state index in [-0.39, 0.29) is 5.91 Å². The lowest BCUT2D eigenvalue weighted by Crippen LogP contribution is -2.33. The van der Waals surface area contributed by atoms with Gasteiger partial charge in [-0.1, -0.05) is 0 Å². The Balaban J connectivity index is 1.86. The number of carbonyl (C=O) groups excluding carboxylic acids is 1. The van der Waals surface area contributed by atoms with Crippen molar-refractivity contribution < 1.29 is 14.7 Å². The minimum atomic E-state index is -1.03. The van der Waals surface area contributed by atoms with E-state index in [2.05, 4.69) is 15.2 Å². The molecule has 112 valence electrons. The normalized spacial score (nSPS) is 15.4. The van der Waals surface area contributed by atoms with E-state index in [9.17, 15) is 9.59 Å². The number of rotatable bonds is 6. The van der Waals surface area contributed by atoms with Crippen LogP contribution < -0.4 is 5.32 Å². The predicted octanol–water partition coefficient (Wildman–Crippen LogP) is 1.00. The van der Waals surface area contributed by atoms with E-state index in [0.717, 1.165) is 25.7 Å². The second-order valence-corrected chi connectivity index (χ2v) is 4.98. The van der Waals surface area contributed by atoms with Crippen molar-refractivity contribution in [1.29, 1.82) is 0 Å². The van der Waals surface area contributed by atoms with Crippen molar-refractivity contribution >= 4 is 18.0 Å². The maximum Gasteiger partial charge on any atom is 0.328 e. The van der Waals surface area contributed by atoms with Gasteiger partial charge in [-0.05, 0) is 43.6 Å². The Hall–Kier alpha value is -2.21. The molecule has 0 aromatic carbocycles. The average Bonchev–Trinajstić information content (AvgIpc) is 2.98. The summed E-state index contributed by atoms with van der Waals surface area (Å²) in [4.78, 5) is 28.7. The fraction of sp³-hybridized carbons (Fsp3) is 0.400. The zero-order valence-electron chi connectivity index (χ0n) is 11.8. The minimum absolute atomic E-state index is 0.188. The number of hydrogen-bond donors (Lipinski definition) is 2. The van der Waals surface area contributed by atoms with E-state index in [4.69, 9.17) is 5.11 Å². The van der Waals surface area contributed by atoms with Gasteiger partial charge in [-0.15, -0.1) is 0 Å². The highest BCUT2D eigenvalue weighted by atomic mass is 16.4. The molecule has 0 atom stereocenters. The molecule has 0 bridgehead atoms. The van der Waals surface area contributed by atoms with E-state index in [1.54, 1.807) is 6.07 Å². The summed E-state index contributed by atoms with van der Waals surface area (Å²) < 4.78 is 0. The number of likely N-dealkylation sites (tertiary alicyclic amines) is 1. The van der Waals surface area contributed by atoms with Crippen molar-refractivity contribution in [3.05, 3.63) is 35.7 Å². The number of amides is 1. The molecule has 0 saturated carbocycles. The van der Waals surface area contributed by atoms with Crippen LogP contribution in [-0.4, -0.2) is 53.0 Å². The summed E-state index contributed by atoms with van der Waals surface area (Å²) in [6.07, 6.45) is 7.89. The number of hydrogen-bond acceptors (Lipinski definition) is 4. The molecule has 1 amide bonds. The van der Waals surface area contributed by atoms with E-state index in [1.165, 1.54) is 31.3 Å². The second-order valence-electron chi connectivity index (χ2n) is 4.98. The van der Waals surface area contributed by atoms with Gasteiger partial charge in [0.2, 0.25) is 0 Å². The van der Waals surface area contributed by atoms with Gasteiger partial charge >= 0.3 is 5.97 Å². The number of carbonyl (C=O) groups is 2. The van der Waals surface area contributed by atoms with Crippen molar-refractivity contribution in [2.24, 2.45) is 0 Å². The lowest BCUT2D eigenvalue weighted by Gasteiger charge is -2.14. The van der Waals surface area contributed by atoms with Gasteiger partial charge in [-0.2, -0.15) is 0 Å². The highest BCUT2D eigenvalue weighted by Crippen LogP contribution is 2.07. The Bertz CT molecular complexity index is 537. The van der Waals surface area contributed by atoms with Crippen LogP contribution in [0.2, 0.25) is 0 Å². The molecule has 1 aromatic heterocycles. The van der Waals surface area contributed by atoms with Gasteiger partial charge < -0.3 is 15.3 Å². The highest BCUT2D eigenvalue weighted by molar-refractivity contribution is 5.94. The number of aromatic nitrogens is 1. The van der Waals surface area contributed by atoms with Crippen LogP contribution in [-0.2, 0) is 4.79 Å². The number of carboxylic acid groups (broad SMARTS) is 1. The number of nitrogens with one attached hydrogen (secondary N) is 1. The molecular weight excluding hydrogens is 270 g/mol. The molecule has 1 saturated heterocycles. The third kappa shape index (κ3) is 5.00. The number of pyridine rings is 1. The molecule has 21 heavy (non-hydrogen) atoms. The maximum absolute atomic E-state index is 12.0. The van der Waals surface area contributed by atoms with Gasteiger partial charge in [0.25, 0.3) is 5.91 Å². The first-order chi connectivity index (χ1) is 10.1. The smallest absolute Gasteiger partial charge is 0.328 e. The Labute approximate surface area is 123 Å². The molecule has 1 aromatic rings. The van der Waals surface area contributed by atoms with Gasteiger partial charge in [0.1, 0.15) is 0 Å². The van der Waals surface area contributed by atoms with E-state index < -0.39 is 5.97 Å². The van der Waals surface area contributed by atoms with Crippen molar-refractivity contribution in [1.82, 2.24) is 15.2 Å². The number of aliphatic carboxylic acids is 1. The lowest BCUT2D eigenvalue weighted by molar-refractivity contribution is -0.131. The van der Waals surface area contributed by atoms with Crippen molar-refractivity contribution in [2.75, 3.05) is 26.2 Å². The van der Waals surface area contributed by atoms with Gasteiger partial charge in [-0.25, -0.2) is 4.79 Å². The second kappa shape index (κ2) is 7.54. The van der Waals surface area contributed by atoms with Crippen molar-refractivity contribution in [3.63, 3.8) is 0 Å². The Morgan fingerprint density at radius 1 is 1.33 bits per heavy atom. The van der Waals surface area contributed by atoms with Crippen molar-refractivity contribution in [2.45, 2.75) is 12.8 Å². The molecule has 1 aliphatic rings. The fourth-order valence-electron chi connectivity index (χ4n) is 2.28. The fourth-order valence-corrected chi connectivity index (χ4v) is 2.28. The van der Waals surface area contributed by atoms with Gasteiger partial charge in [0.05, 0.1) is 5.56 Å². The minimum Gasteiger partial charge on any atom is -0.478 e.